The van der Waals surface area contributed by atoms with Crippen LogP contribution < -0.4 is 20.3 Å². The highest BCUT2D eigenvalue weighted by atomic mass is 16.5. The van der Waals surface area contributed by atoms with Crippen LogP contribution in [0.5, 0.6) is 11.5 Å². The van der Waals surface area contributed by atoms with Crippen molar-refractivity contribution in [2.75, 3.05) is 19.5 Å². The molecule has 0 bridgehead atoms. The van der Waals surface area contributed by atoms with Gasteiger partial charge >= 0.3 is 0 Å². The lowest BCUT2D eigenvalue weighted by atomic mass is 10.1. The molecule has 1 heterocycles. The molecular formula is C18H17N3O3. The molecule has 0 amide bonds. The second kappa shape index (κ2) is 6.87. The van der Waals surface area contributed by atoms with Crippen molar-refractivity contribution in [2.45, 2.75) is 0 Å². The minimum Gasteiger partial charge on any atom is -0.497 e. The van der Waals surface area contributed by atoms with Crippen LogP contribution in [0.3, 0.4) is 0 Å². The zero-order chi connectivity index (χ0) is 16.9. The molecule has 0 unspecified atom stereocenters. The Balaban J connectivity index is 1.88. The summed E-state index contributed by atoms with van der Waals surface area (Å²) in [6, 6.07) is 16.2. The number of anilines is 2. The smallest absolute Gasteiger partial charge is 0.252 e. The van der Waals surface area contributed by atoms with Crippen LogP contribution in [0.2, 0.25) is 0 Å². The number of aromatic nitrogens is 2. The van der Waals surface area contributed by atoms with Crippen molar-refractivity contribution in [1.82, 2.24) is 9.97 Å². The Hall–Kier alpha value is -3.28. The second-order valence-electron chi connectivity index (χ2n) is 5.06. The zero-order valence-corrected chi connectivity index (χ0v) is 13.4. The summed E-state index contributed by atoms with van der Waals surface area (Å²) in [7, 11) is 3.22. The summed E-state index contributed by atoms with van der Waals surface area (Å²) >= 11 is 0. The average Bonchev–Trinajstić information content (AvgIpc) is 2.62. The number of nitrogens with zero attached hydrogens (tertiary/aromatic N) is 1. The van der Waals surface area contributed by atoms with Crippen LogP contribution in [0.1, 0.15) is 0 Å². The molecule has 0 spiro atoms. The lowest BCUT2D eigenvalue weighted by Gasteiger charge is -2.08. The molecule has 0 fully saturated rings. The van der Waals surface area contributed by atoms with Crippen molar-refractivity contribution in [2.24, 2.45) is 0 Å². The van der Waals surface area contributed by atoms with Crippen molar-refractivity contribution >= 4 is 11.6 Å². The second-order valence-corrected chi connectivity index (χ2v) is 5.06. The van der Waals surface area contributed by atoms with Crippen molar-refractivity contribution in [3.05, 3.63) is 65.0 Å². The predicted octanol–water partition coefficient (Wildman–Crippen LogP) is 3.20. The van der Waals surface area contributed by atoms with Gasteiger partial charge in [-0.25, -0.2) is 4.98 Å². The van der Waals surface area contributed by atoms with E-state index >= 15 is 0 Å². The van der Waals surface area contributed by atoms with Gasteiger partial charge in [0, 0.05) is 17.3 Å². The molecule has 0 aliphatic rings. The number of hydrogen-bond donors (Lipinski definition) is 2. The lowest BCUT2D eigenvalue weighted by Crippen LogP contribution is -2.10. The number of H-pyrrole nitrogens is 1. The fraction of sp³-hybridized carbons (Fsp3) is 0.111. The van der Waals surface area contributed by atoms with E-state index in [1.54, 1.807) is 14.2 Å². The van der Waals surface area contributed by atoms with E-state index in [4.69, 9.17) is 9.47 Å². The molecule has 0 atom stereocenters. The maximum Gasteiger partial charge on any atom is 0.252 e. The van der Waals surface area contributed by atoms with Gasteiger partial charge in [0.15, 0.2) is 0 Å². The van der Waals surface area contributed by atoms with Gasteiger partial charge < -0.3 is 14.8 Å². The first-order chi connectivity index (χ1) is 11.7. The number of hydrogen-bond acceptors (Lipinski definition) is 5. The van der Waals surface area contributed by atoms with Crippen molar-refractivity contribution in [3.8, 4) is 22.8 Å². The predicted molar refractivity (Wildman–Crippen MR) is 93.1 cm³/mol. The summed E-state index contributed by atoms with van der Waals surface area (Å²) in [6.07, 6.45) is 0. The van der Waals surface area contributed by atoms with E-state index in [0.717, 1.165) is 22.7 Å². The van der Waals surface area contributed by atoms with Gasteiger partial charge in [0.1, 0.15) is 11.5 Å². The van der Waals surface area contributed by atoms with Gasteiger partial charge in [-0.3, -0.25) is 9.78 Å². The molecule has 1 aromatic heterocycles. The van der Waals surface area contributed by atoms with Crippen molar-refractivity contribution < 1.29 is 9.47 Å². The average molecular weight is 323 g/mol. The van der Waals surface area contributed by atoms with Crippen LogP contribution in [0.15, 0.2) is 59.4 Å². The highest BCUT2D eigenvalue weighted by Crippen LogP contribution is 2.22. The van der Waals surface area contributed by atoms with Gasteiger partial charge in [-0.2, -0.15) is 0 Å². The van der Waals surface area contributed by atoms with Gasteiger partial charge in [0.05, 0.1) is 19.9 Å². The number of methoxy groups -OCH3 is 2. The normalized spacial score (nSPS) is 10.2. The van der Waals surface area contributed by atoms with Gasteiger partial charge in [-0.15, -0.1) is 0 Å². The molecule has 3 aromatic rings. The van der Waals surface area contributed by atoms with Crippen LogP contribution in [0, 0.1) is 0 Å². The number of ether oxygens (including phenoxy) is 2. The molecule has 24 heavy (non-hydrogen) atoms. The van der Waals surface area contributed by atoms with Crippen LogP contribution in [0.25, 0.3) is 11.3 Å². The Morgan fingerprint density at radius 1 is 0.917 bits per heavy atom. The lowest BCUT2D eigenvalue weighted by molar-refractivity contribution is 0.415. The highest BCUT2D eigenvalue weighted by Gasteiger charge is 2.05. The molecule has 0 saturated heterocycles. The monoisotopic (exact) mass is 323 g/mol. The minimum absolute atomic E-state index is 0.230. The summed E-state index contributed by atoms with van der Waals surface area (Å²) in [5.74, 6) is 1.88. The van der Waals surface area contributed by atoms with Crippen LogP contribution in [-0.2, 0) is 0 Å². The first-order valence-electron chi connectivity index (χ1n) is 7.35. The fourth-order valence-electron chi connectivity index (χ4n) is 2.24. The first-order valence-corrected chi connectivity index (χ1v) is 7.35. The molecule has 2 aromatic carbocycles. The largest absolute Gasteiger partial charge is 0.497 e. The molecule has 6 nitrogen and oxygen atoms in total. The van der Waals surface area contributed by atoms with Gasteiger partial charge in [0.2, 0.25) is 5.95 Å². The van der Waals surface area contributed by atoms with Gasteiger partial charge in [-0.05, 0) is 48.5 Å². The Morgan fingerprint density at radius 2 is 1.50 bits per heavy atom. The van der Waals surface area contributed by atoms with Crippen LogP contribution >= 0.6 is 0 Å². The molecule has 0 radical (unpaired) electrons. The number of rotatable bonds is 5. The van der Waals surface area contributed by atoms with Gasteiger partial charge in [0.25, 0.3) is 5.56 Å². The summed E-state index contributed by atoms with van der Waals surface area (Å²) in [5.41, 5.74) is 1.98. The molecule has 6 heteroatoms. The molecule has 0 aliphatic heterocycles. The maximum atomic E-state index is 11.9. The third-order valence-electron chi connectivity index (χ3n) is 3.48. The van der Waals surface area contributed by atoms with E-state index in [1.807, 2.05) is 48.5 Å². The van der Waals surface area contributed by atoms with E-state index in [2.05, 4.69) is 15.3 Å². The van der Waals surface area contributed by atoms with Crippen molar-refractivity contribution in [1.29, 1.82) is 0 Å². The van der Waals surface area contributed by atoms with Crippen LogP contribution in [-0.4, -0.2) is 24.2 Å². The van der Waals surface area contributed by atoms with E-state index < -0.39 is 0 Å². The zero-order valence-electron chi connectivity index (χ0n) is 13.4. The Bertz CT molecular complexity index is 871. The molecular weight excluding hydrogens is 306 g/mol. The highest BCUT2D eigenvalue weighted by molar-refractivity contribution is 5.62. The number of benzene rings is 2. The molecule has 2 N–H and O–H groups in total. The molecule has 0 saturated carbocycles. The Labute approximate surface area is 139 Å². The van der Waals surface area contributed by atoms with E-state index in [0.29, 0.717) is 11.6 Å². The van der Waals surface area contributed by atoms with Gasteiger partial charge in [-0.1, -0.05) is 0 Å². The summed E-state index contributed by atoms with van der Waals surface area (Å²) in [5, 5.41) is 3.08. The van der Waals surface area contributed by atoms with Crippen molar-refractivity contribution in [3.63, 3.8) is 0 Å². The minimum atomic E-state index is -0.230. The summed E-state index contributed by atoms with van der Waals surface area (Å²) < 4.78 is 10.3. The number of nitrogens with one attached hydrogen (secondary N) is 2. The third-order valence-corrected chi connectivity index (χ3v) is 3.48. The third kappa shape index (κ3) is 3.55. The summed E-state index contributed by atoms with van der Waals surface area (Å²) in [6.45, 7) is 0. The SMILES string of the molecule is COc1ccc(Nc2nc(-c3ccc(OC)cc3)cc(=O)[nH]2)cc1. The Morgan fingerprint density at radius 3 is 2.08 bits per heavy atom. The Kier molecular flexibility index (Phi) is 4.47. The topological polar surface area (TPSA) is 76.2 Å². The number of aromatic amines is 1. The van der Waals surface area contributed by atoms with E-state index in [1.165, 1.54) is 6.07 Å². The van der Waals surface area contributed by atoms with E-state index in [-0.39, 0.29) is 5.56 Å². The molecule has 0 aliphatic carbocycles. The van der Waals surface area contributed by atoms with E-state index in [9.17, 15) is 4.79 Å². The first kappa shape index (κ1) is 15.6. The standard InChI is InChI=1S/C18H17N3O3/c1-23-14-7-3-12(4-8-14)16-11-17(22)21-18(20-16)19-13-5-9-15(24-2)10-6-13/h3-11H,1-2H3,(H2,19,20,21,22). The quantitative estimate of drug-likeness (QED) is 0.754. The fourth-order valence-corrected chi connectivity index (χ4v) is 2.24. The summed E-state index contributed by atoms with van der Waals surface area (Å²) in [4.78, 5) is 19.1. The van der Waals surface area contributed by atoms with Crippen LogP contribution in [0.4, 0.5) is 11.6 Å². The molecule has 3 rings (SSSR count). The molecule has 122 valence electrons. The maximum absolute atomic E-state index is 11.9.